The molecule has 128 valence electrons. The number of carbonyl (C=O) groups excluding carboxylic acids is 1. The fourth-order valence-corrected chi connectivity index (χ4v) is 3.86. The molecule has 2 aliphatic heterocycles. The second-order valence-electron chi connectivity index (χ2n) is 8.28. The number of aliphatic imine (C=N–C) groups is 1. The Balaban J connectivity index is 1.47. The van der Waals surface area contributed by atoms with Gasteiger partial charge in [0.15, 0.2) is 0 Å². The number of hydrogen-bond donors (Lipinski definition) is 0. The number of piperidine rings is 1. The summed E-state index contributed by atoms with van der Waals surface area (Å²) in [6.07, 6.45) is 4.62. The van der Waals surface area contributed by atoms with Crippen LogP contribution < -0.4 is 5.46 Å². The van der Waals surface area contributed by atoms with Crippen molar-refractivity contribution in [3.63, 3.8) is 0 Å². The van der Waals surface area contributed by atoms with E-state index in [1.165, 1.54) is 5.57 Å². The molecule has 4 nitrogen and oxygen atoms in total. The summed E-state index contributed by atoms with van der Waals surface area (Å²) in [5, 5.41) is 0. The minimum Gasteiger partial charge on any atom is -0.444 e. The molecule has 1 aliphatic carbocycles. The summed E-state index contributed by atoms with van der Waals surface area (Å²) < 4.78 is 5.63. The maximum atomic E-state index is 12.7. The molecule has 0 aromatic heterocycles. The maximum Gasteiger partial charge on any atom is 0.411 e. The van der Waals surface area contributed by atoms with Crippen molar-refractivity contribution in [3.8, 4) is 0 Å². The number of allylic oxidation sites excluding steroid dienone is 1. The number of ether oxygens (including phenoxy) is 1. The average molecular weight is 334 g/mol. The zero-order valence-corrected chi connectivity index (χ0v) is 15.0. The van der Waals surface area contributed by atoms with E-state index in [9.17, 15) is 4.79 Å². The van der Waals surface area contributed by atoms with E-state index >= 15 is 0 Å². The first-order chi connectivity index (χ1) is 11.8. The van der Waals surface area contributed by atoms with Crippen molar-refractivity contribution >= 4 is 30.7 Å². The summed E-state index contributed by atoms with van der Waals surface area (Å²) in [7, 11) is 5.77. The Bertz CT molecular complexity index is 761. The molecule has 0 N–H and O–H groups in total. The molecule has 4 rings (SSSR count). The molecule has 0 spiro atoms. The fourth-order valence-electron chi connectivity index (χ4n) is 3.86. The van der Waals surface area contributed by atoms with Gasteiger partial charge in [-0.2, -0.15) is 0 Å². The molecule has 1 aromatic rings. The molecular weight excluding hydrogens is 311 g/mol. The molecule has 1 saturated carbocycles. The van der Waals surface area contributed by atoms with Crippen molar-refractivity contribution in [3.05, 3.63) is 36.0 Å². The maximum absolute atomic E-state index is 12.7. The normalized spacial score (nSPS) is 27.6. The van der Waals surface area contributed by atoms with Crippen LogP contribution in [0.3, 0.4) is 0 Å². The number of nitrogens with zero attached hydrogens (tertiary/aromatic N) is 2. The quantitative estimate of drug-likeness (QED) is 0.780. The van der Waals surface area contributed by atoms with E-state index in [-0.39, 0.29) is 12.1 Å². The Hall–Kier alpha value is -2.04. The van der Waals surface area contributed by atoms with Gasteiger partial charge >= 0.3 is 6.09 Å². The minimum atomic E-state index is -0.473. The topological polar surface area (TPSA) is 41.9 Å². The number of fused-ring (bicyclic) bond motifs is 1. The molecular formula is C20H23BN2O2. The standard InChI is InChI=1S/C20H23BN2O2/c1-20(2,3)25-19(24)23-17-9-13(17)10-18(23)16-8-14(11-22-16)12-4-6-15(21)7-5-12/h4-7,11,13,17-18H,8-10H2,1-3H3/t13-,17-,18+/m1/s1. The fraction of sp³-hybridized carbons (Fsp3) is 0.500. The highest BCUT2D eigenvalue weighted by Gasteiger charge is 2.56. The Morgan fingerprint density at radius 2 is 1.96 bits per heavy atom. The molecule has 2 heterocycles. The molecule has 25 heavy (non-hydrogen) atoms. The van der Waals surface area contributed by atoms with E-state index in [0.717, 1.165) is 36.0 Å². The first-order valence-corrected chi connectivity index (χ1v) is 8.95. The van der Waals surface area contributed by atoms with Crippen LogP contribution >= 0.6 is 0 Å². The summed E-state index contributed by atoms with van der Waals surface area (Å²) in [6, 6.07) is 8.27. The van der Waals surface area contributed by atoms with Crippen molar-refractivity contribution in [1.29, 1.82) is 0 Å². The summed E-state index contributed by atoms with van der Waals surface area (Å²) >= 11 is 0. The van der Waals surface area contributed by atoms with Crippen molar-refractivity contribution in [1.82, 2.24) is 4.90 Å². The first kappa shape index (κ1) is 16.4. The first-order valence-electron chi connectivity index (χ1n) is 8.95. The largest absolute Gasteiger partial charge is 0.444 e. The van der Waals surface area contributed by atoms with Gasteiger partial charge in [0.1, 0.15) is 13.4 Å². The molecule has 3 atom stereocenters. The number of carbonyl (C=O) groups is 1. The lowest BCUT2D eigenvalue weighted by Gasteiger charge is -2.30. The van der Waals surface area contributed by atoms with Gasteiger partial charge in [0.2, 0.25) is 0 Å². The van der Waals surface area contributed by atoms with Crippen LogP contribution in [0.4, 0.5) is 4.79 Å². The molecule has 2 radical (unpaired) electrons. The van der Waals surface area contributed by atoms with Gasteiger partial charge in [-0.3, -0.25) is 9.89 Å². The van der Waals surface area contributed by atoms with Crippen LogP contribution in [-0.4, -0.2) is 42.2 Å². The van der Waals surface area contributed by atoms with E-state index in [1.807, 2.05) is 56.1 Å². The van der Waals surface area contributed by atoms with E-state index < -0.39 is 5.60 Å². The van der Waals surface area contributed by atoms with Crippen molar-refractivity contribution < 1.29 is 9.53 Å². The zero-order chi connectivity index (χ0) is 17.8. The predicted octanol–water partition coefficient (Wildman–Crippen LogP) is 3.06. The number of hydrogen-bond acceptors (Lipinski definition) is 3. The number of likely N-dealkylation sites (tertiary alicyclic amines) is 1. The molecule has 5 heteroatoms. The van der Waals surface area contributed by atoms with E-state index in [4.69, 9.17) is 12.6 Å². The summed E-state index contributed by atoms with van der Waals surface area (Å²) in [5.41, 5.74) is 3.68. The molecule has 3 aliphatic rings. The van der Waals surface area contributed by atoms with Crippen molar-refractivity contribution in [2.45, 2.75) is 57.7 Å². The molecule has 0 bridgehead atoms. The van der Waals surface area contributed by atoms with Crippen LogP contribution in [-0.2, 0) is 4.74 Å². The smallest absolute Gasteiger partial charge is 0.411 e. The molecule has 0 unspecified atom stereocenters. The van der Waals surface area contributed by atoms with E-state index in [2.05, 4.69) is 4.99 Å². The summed E-state index contributed by atoms with van der Waals surface area (Å²) in [4.78, 5) is 19.3. The third kappa shape index (κ3) is 3.24. The monoisotopic (exact) mass is 334 g/mol. The Labute approximate surface area is 150 Å². The van der Waals surface area contributed by atoms with Crippen molar-refractivity contribution in [2.24, 2.45) is 10.9 Å². The lowest BCUT2D eigenvalue weighted by atomic mass is 9.92. The average Bonchev–Trinajstić information content (AvgIpc) is 2.97. The van der Waals surface area contributed by atoms with E-state index in [1.54, 1.807) is 0 Å². The second kappa shape index (κ2) is 5.75. The summed E-state index contributed by atoms with van der Waals surface area (Å²) in [5.74, 6) is 0.612. The van der Waals surface area contributed by atoms with Crippen LogP contribution in [0.1, 0.15) is 45.6 Å². The highest BCUT2D eigenvalue weighted by molar-refractivity contribution is 6.32. The van der Waals surface area contributed by atoms with Crippen LogP contribution in [0, 0.1) is 5.92 Å². The van der Waals surface area contributed by atoms with Crippen LogP contribution in [0.5, 0.6) is 0 Å². The van der Waals surface area contributed by atoms with Gasteiger partial charge in [-0.25, -0.2) is 4.79 Å². The Kier molecular flexibility index (Phi) is 3.78. The second-order valence-corrected chi connectivity index (χ2v) is 8.28. The van der Waals surface area contributed by atoms with Gasteiger partial charge in [0.05, 0.1) is 6.04 Å². The Morgan fingerprint density at radius 3 is 2.64 bits per heavy atom. The van der Waals surface area contributed by atoms with Crippen molar-refractivity contribution in [2.75, 3.05) is 0 Å². The molecule has 2 fully saturated rings. The minimum absolute atomic E-state index is 0.0705. The zero-order valence-electron chi connectivity index (χ0n) is 15.0. The summed E-state index contributed by atoms with van der Waals surface area (Å²) in [6.45, 7) is 5.73. The van der Waals surface area contributed by atoms with Gasteiger partial charge < -0.3 is 4.74 Å². The van der Waals surface area contributed by atoms with Gasteiger partial charge in [0.25, 0.3) is 0 Å². The van der Waals surface area contributed by atoms with Crippen LogP contribution in [0.15, 0.2) is 35.5 Å². The number of amides is 1. The highest BCUT2D eigenvalue weighted by atomic mass is 16.6. The van der Waals surface area contributed by atoms with Gasteiger partial charge in [-0.1, -0.05) is 29.7 Å². The molecule has 1 saturated heterocycles. The molecule has 1 aromatic carbocycles. The van der Waals surface area contributed by atoms with Crippen LogP contribution in [0.2, 0.25) is 0 Å². The number of benzene rings is 1. The van der Waals surface area contributed by atoms with Crippen LogP contribution in [0.25, 0.3) is 5.57 Å². The third-order valence-corrected chi connectivity index (χ3v) is 5.13. The lowest BCUT2D eigenvalue weighted by molar-refractivity contribution is 0.0230. The third-order valence-electron chi connectivity index (χ3n) is 5.13. The van der Waals surface area contributed by atoms with Gasteiger partial charge in [-0.05, 0) is 50.7 Å². The molecule has 1 amide bonds. The highest BCUT2D eigenvalue weighted by Crippen LogP contribution is 2.49. The van der Waals surface area contributed by atoms with Gasteiger partial charge in [-0.15, -0.1) is 0 Å². The Morgan fingerprint density at radius 1 is 1.24 bits per heavy atom. The SMILES string of the molecule is [B]c1ccc(C2=CN=C([C@@H]3C[C@H]4C[C@H]4N3C(=O)OC(C)(C)C)C2)cc1. The van der Waals surface area contributed by atoms with E-state index in [0.29, 0.717) is 12.0 Å². The lowest BCUT2D eigenvalue weighted by Crippen LogP contribution is -2.45. The predicted molar refractivity (Wildman–Crippen MR) is 100 cm³/mol. The van der Waals surface area contributed by atoms with Gasteiger partial charge in [0, 0.05) is 24.4 Å². The number of rotatable bonds is 2.